The zero-order chi connectivity index (χ0) is 18.9. The zero-order valence-electron chi connectivity index (χ0n) is 15.2. The van der Waals surface area contributed by atoms with E-state index in [0.717, 1.165) is 50.0 Å². The predicted molar refractivity (Wildman–Crippen MR) is 99.4 cm³/mol. The molecule has 0 bridgehead atoms. The molecule has 2 unspecified atom stereocenters. The number of pyridine rings is 2. The second-order valence-electron chi connectivity index (χ2n) is 8.03. The molecule has 2 aromatic heterocycles. The fourth-order valence-corrected chi connectivity index (χ4v) is 4.98. The predicted octanol–water partition coefficient (Wildman–Crippen LogP) is 2.12. The maximum Gasteiger partial charge on any atom is 0.341 e. The van der Waals surface area contributed by atoms with Crippen molar-refractivity contribution >= 4 is 17.2 Å². The molecular formula is C20H22FN3O3. The third-order valence-electron chi connectivity index (χ3n) is 6.42. The Morgan fingerprint density at radius 1 is 1.30 bits per heavy atom. The van der Waals surface area contributed by atoms with Crippen LogP contribution in [0.25, 0.3) is 5.52 Å². The van der Waals surface area contributed by atoms with Gasteiger partial charge in [-0.25, -0.2) is 9.18 Å². The Bertz CT molecular complexity index is 1030. The van der Waals surface area contributed by atoms with Crippen LogP contribution in [0.1, 0.15) is 46.7 Å². The molecule has 3 fully saturated rings. The monoisotopic (exact) mass is 371 g/mol. The number of carboxylic acid groups (broad SMARTS) is 1. The Morgan fingerprint density at radius 3 is 2.78 bits per heavy atom. The van der Waals surface area contributed by atoms with Crippen molar-refractivity contribution in [3.8, 4) is 0 Å². The molecule has 0 spiro atoms. The van der Waals surface area contributed by atoms with Crippen molar-refractivity contribution in [3.63, 3.8) is 0 Å². The lowest BCUT2D eigenvalue weighted by molar-refractivity contribution is 0.0694. The van der Waals surface area contributed by atoms with Crippen molar-refractivity contribution in [2.45, 2.75) is 38.1 Å². The maximum absolute atomic E-state index is 15.2. The van der Waals surface area contributed by atoms with Gasteiger partial charge in [0.05, 0.1) is 17.4 Å². The summed E-state index contributed by atoms with van der Waals surface area (Å²) in [6.45, 7) is 4.47. The van der Waals surface area contributed by atoms with E-state index in [4.69, 9.17) is 0 Å². The van der Waals surface area contributed by atoms with E-state index in [1.807, 2.05) is 6.92 Å². The normalized spacial score (nSPS) is 24.6. The molecule has 5 rings (SSSR count). The van der Waals surface area contributed by atoms with Crippen LogP contribution in [0.3, 0.4) is 0 Å². The second-order valence-corrected chi connectivity index (χ2v) is 8.03. The van der Waals surface area contributed by atoms with Gasteiger partial charge in [0.2, 0.25) is 0 Å². The minimum atomic E-state index is -1.27. The van der Waals surface area contributed by atoms with Crippen LogP contribution in [0, 0.1) is 18.7 Å². The molecule has 2 atom stereocenters. The zero-order valence-corrected chi connectivity index (χ0v) is 15.2. The molecule has 2 aromatic rings. The average Bonchev–Trinajstić information content (AvgIpc) is 3.23. The first kappa shape index (κ1) is 16.7. The van der Waals surface area contributed by atoms with Gasteiger partial charge in [-0.3, -0.25) is 9.20 Å². The number of nitrogens with one attached hydrogen (secondary N) is 1. The molecule has 7 heteroatoms. The maximum atomic E-state index is 15.2. The number of hydrogen-bond donors (Lipinski definition) is 2. The van der Waals surface area contributed by atoms with E-state index >= 15 is 4.39 Å². The van der Waals surface area contributed by atoms with E-state index < -0.39 is 17.3 Å². The SMILES string of the molecule is Cc1c(N2CCC3CNCC32)c(F)cn2c(=O)c(C(=O)O)cc(C3CC3)c12. The summed E-state index contributed by atoms with van der Waals surface area (Å²) in [6.07, 6.45) is 4.16. The summed E-state index contributed by atoms with van der Waals surface area (Å²) in [5.41, 5.74) is 1.87. The number of aryl methyl sites for hydroxylation is 1. The second kappa shape index (κ2) is 5.79. The molecule has 6 nitrogen and oxygen atoms in total. The van der Waals surface area contributed by atoms with E-state index in [1.54, 1.807) is 0 Å². The van der Waals surface area contributed by atoms with Crippen LogP contribution < -0.4 is 15.8 Å². The number of anilines is 1. The summed E-state index contributed by atoms with van der Waals surface area (Å²) in [5, 5.41) is 12.8. The average molecular weight is 371 g/mol. The third kappa shape index (κ3) is 2.41. The summed E-state index contributed by atoms with van der Waals surface area (Å²) < 4.78 is 16.4. The highest BCUT2D eigenvalue weighted by molar-refractivity contribution is 5.89. The van der Waals surface area contributed by atoms with Crippen molar-refractivity contribution in [1.82, 2.24) is 9.72 Å². The molecule has 0 aromatic carbocycles. The standard InChI is InChI=1S/C20H22FN3O3/c1-10-17-13(11-2-3-11)6-14(20(26)27)19(25)24(17)9-15(21)18(10)23-5-4-12-7-22-8-16(12)23/h6,9,11-12,16,22H,2-5,7-8H2,1H3,(H,26,27). The fourth-order valence-electron chi connectivity index (χ4n) is 4.98. The molecule has 1 aliphatic carbocycles. The lowest BCUT2D eigenvalue weighted by Gasteiger charge is -2.29. The molecule has 1 saturated carbocycles. The topological polar surface area (TPSA) is 74.0 Å². The molecular weight excluding hydrogens is 349 g/mol. The largest absolute Gasteiger partial charge is 0.477 e. The molecule has 142 valence electrons. The van der Waals surface area contributed by atoms with Gasteiger partial charge < -0.3 is 15.3 Å². The number of halogens is 1. The van der Waals surface area contributed by atoms with Crippen LogP contribution in [-0.4, -0.2) is 41.2 Å². The van der Waals surface area contributed by atoms with Gasteiger partial charge in [-0.05, 0) is 55.2 Å². The highest BCUT2D eigenvalue weighted by atomic mass is 19.1. The molecule has 2 saturated heterocycles. The minimum absolute atomic E-state index is 0.246. The Labute approximate surface area is 155 Å². The summed E-state index contributed by atoms with van der Waals surface area (Å²) >= 11 is 0. The van der Waals surface area contributed by atoms with Gasteiger partial charge in [0.1, 0.15) is 5.56 Å². The lowest BCUT2D eigenvalue weighted by atomic mass is 10.0. The van der Waals surface area contributed by atoms with E-state index in [-0.39, 0.29) is 17.5 Å². The van der Waals surface area contributed by atoms with Crippen LogP contribution in [0.4, 0.5) is 10.1 Å². The Balaban J connectivity index is 1.77. The van der Waals surface area contributed by atoms with E-state index in [2.05, 4.69) is 10.2 Å². The highest BCUT2D eigenvalue weighted by Crippen LogP contribution is 2.44. The fraction of sp³-hybridized carbons (Fsp3) is 0.500. The summed E-state index contributed by atoms with van der Waals surface area (Å²) in [5.74, 6) is -0.952. The van der Waals surface area contributed by atoms with Crippen molar-refractivity contribution in [2.75, 3.05) is 24.5 Å². The summed E-state index contributed by atoms with van der Waals surface area (Å²) in [6, 6.07) is 1.78. The first-order valence-electron chi connectivity index (χ1n) is 9.56. The smallest absolute Gasteiger partial charge is 0.341 e. The van der Waals surface area contributed by atoms with Crippen LogP contribution in [-0.2, 0) is 0 Å². The van der Waals surface area contributed by atoms with Gasteiger partial charge in [0, 0.05) is 25.7 Å². The Kier molecular flexibility index (Phi) is 3.59. The third-order valence-corrected chi connectivity index (χ3v) is 6.42. The first-order valence-corrected chi connectivity index (χ1v) is 9.56. The first-order chi connectivity index (χ1) is 13.0. The van der Waals surface area contributed by atoms with Crippen LogP contribution in [0.5, 0.6) is 0 Å². The Hall–Kier alpha value is -2.41. The van der Waals surface area contributed by atoms with Gasteiger partial charge in [0.15, 0.2) is 5.82 Å². The van der Waals surface area contributed by atoms with E-state index in [1.165, 1.54) is 16.7 Å². The quantitative estimate of drug-likeness (QED) is 0.865. The molecule has 0 amide bonds. The van der Waals surface area contributed by atoms with Gasteiger partial charge >= 0.3 is 5.97 Å². The molecule has 2 N–H and O–H groups in total. The summed E-state index contributed by atoms with van der Waals surface area (Å²) in [4.78, 5) is 26.3. The number of nitrogens with zero attached hydrogens (tertiary/aromatic N) is 2. The molecule has 3 aliphatic rings. The molecule has 27 heavy (non-hydrogen) atoms. The lowest BCUT2D eigenvalue weighted by Crippen LogP contribution is -2.36. The molecule has 0 radical (unpaired) electrons. The number of rotatable bonds is 3. The van der Waals surface area contributed by atoms with Gasteiger partial charge in [-0.2, -0.15) is 0 Å². The summed E-state index contributed by atoms with van der Waals surface area (Å²) in [7, 11) is 0. The minimum Gasteiger partial charge on any atom is -0.477 e. The van der Waals surface area contributed by atoms with Crippen LogP contribution >= 0.6 is 0 Å². The molecule has 2 aliphatic heterocycles. The van der Waals surface area contributed by atoms with Gasteiger partial charge in [-0.15, -0.1) is 0 Å². The number of aromatic nitrogens is 1. The van der Waals surface area contributed by atoms with Crippen molar-refractivity contribution in [3.05, 3.63) is 45.1 Å². The van der Waals surface area contributed by atoms with E-state index in [9.17, 15) is 14.7 Å². The number of fused-ring (bicyclic) bond motifs is 2. The number of carboxylic acids is 1. The van der Waals surface area contributed by atoms with E-state index in [0.29, 0.717) is 17.1 Å². The van der Waals surface area contributed by atoms with Crippen LogP contribution in [0.2, 0.25) is 0 Å². The van der Waals surface area contributed by atoms with Crippen molar-refractivity contribution in [1.29, 1.82) is 0 Å². The number of aromatic carboxylic acids is 1. The van der Waals surface area contributed by atoms with Crippen LogP contribution in [0.15, 0.2) is 17.1 Å². The number of hydrogen-bond acceptors (Lipinski definition) is 4. The van der Waals surface area contributed by atoms with Crippen molar-refractivity contribution < 1.29 is 14.3 Å². The van der Waals surface area contributed by atoms with Gasteiger partial charge in [-0.1, -0.05) is 0 Å². The number of carbonyl (C=O) groups is 1. The van der Waals surface area contributed by atoms with Gasteiger partial charge in [0.25, 0.3) is 5.56 Å². The molecule has 4 heterocycles. The van der Waals surface area contributed by atoms with Crippen molar-refractivity contribution in [2.24, 2.45) is 5.92 Å². The Morgan fingerprint density at radius 2 is 2.07 bits per heavy atom. The highest BCUT2D eigenvalue weighted by Gasteiger charge is 2.40.